The minimum absolute atomic E-state index is 0.293. The molecule has 1 heterocycles. The van der Waals surface area contributed by atoms with Crippen LogP contribution in [0, 0.1) is 20.8 Å². The normalized spacial score (nSPS) is 12.4. The maximum Gasteiger partial charge on any atom is 0.122 e. The fourth-order valence-corrected chi connectivity index (χ4v) is 3.28. The van der Waals surface area contributed by atoms with E-state index in [9.17, 15) is 0 Å². The molecule has 1 aromatic heterocycles. The number of ether oxygens (including phenoxy) is 1. The molecule has 0 saturated heterocycles. The second kappa shape index (κ2) is 7.05. The highest BCUT2D eigenvalue weighted by Crippen LogP contribution is 2.28. The topological polar surface area (TPSA) is 34.2 Å². The number of thiazole rings is 1. The van der Waals surface area contributed by atoms with E-state index in [1.807, 2.05) is 0 Å². The van der Waals surface area contributed by atoms with Crippen LogP contribution in [-0.2, 0) is 6.42 Å². The van der Waals surface area contributed by atoms with Gasteiger partial charge in [0.25, 0.3) is 0 Å². The zero-order valence-electron chi connectivity index (χ0n) is 13.5. The lowest BCUT2D eigenvalue weighted by molar-refractivity contribution is 0.410. The van der Waals surface area contributed by atoms with Gasteiger partial charge >= 0.3 is 0 Å². The Morgan fingerprint density at radius 2 is 2.00 bits per heavy atom. The summed E-state index contributed by atoms with van der Waals surface area (Å²) in [6, 6.07) is 4.66. The first-order valence-corrected chi connectivity index (χ1v) is 8.22. The Morgan fingerprint density at radius 1 is 1.24 bits per heavy atom. The summed E-state index contributed by atoms with van der Waals surface area (Å²) in [4.78, 5) is 4.60. The van der Waals surface area contributed by atoms with E-state index in [0.717, 1.165) is 29.4 Å². The number of benzene rings is 1. The Bertz CT molecular complexity index is 607. The van der Waals surface area contributed by atoms with Crippen molar-refractivity contribution in [3.8, 4) is 5.75 Å². The van der Waals surface area contributed by atoms with Gasteiger partial charge in [-0.15, -0.1) is 11.3 Å². The molecule has 0 bridgehead atoms. The first kappa shape index (κ1) is 16.0. The van der Waals surface area contributed by atoms with Crippen LogP contribution in [0.5, 0.6) is 5.75 Å². The fraction of sp³-hybridized carbons (Fsp3) is 0.471. The lowest BCUT2D eigenvalue weighted by Crippen LogP contribution is -2.24. The predicted octanol–water partition coefficient (Wildman–Crippen LogP) is 3.97. The number of likely N-dealkylation sites (N-methyl/N-ethyl adjacent to an activating group) is 1. The smallest absolute Gasteiger partial charge is 0.122 e. The summed E-state index contributed by atoms with van der Waals surface area (Å²) in [5.74, 6) is 0.955. The molecule has 1 N–H and O–H groups in total. The van der Waals surface area contributed by atoms with Crippen LogP contribution in [-0.4, -0.2) is 18.6 Å². The van der Waals surface area contributed by atoms with E-state index in [4.69, 9.17) is 4.74 Å². The Kier molecular flexibility index (Phi) is 5.37. The summed E-state index contributed by atoms with van der Waals surface area (Å²) in [5, 5.41) is 6.87. The quantitative estimate of drug-likeness (QED) is 0.877. The monoisotopic (exact) mass is 304 g/mol. The van der Waals surface area contributed by atoms with Crippen molar-refractivity contribution in [2.45, 2.75) is 40.2 Å². The highest BCUT2D eigenvalue weighted by Gasteiger charge is 2.16. The van der Waals surface area contributed by atoms with E-state index in [0.29, 0.717) is 6.04 Å². The Balaban J connectivity index is 2.31. The third-order valence-corrected chi connectivity index (χ3v) is 4.51. The van der Waals surface area contributed by atoms with Crippen LogP contribution in [0.3, 0.4) is 0 Å². The number of aromatic nitrogens is 1. The standard InChI is InChI=1S/C17H24N2OS/c1-6-18-16(9-14-10-21-13(4)19-14)15-7-12(3)17(20-5)8-11(15)2/h7-8,10,16,18H,6,9H2,1-5H3. The lowest BCUT2D eigenvalue weighted by atomic mass is 9.95. The third kappa shape index (κ3) is 3.83. The summed E-state index contributed by atoms with van der Waals surface area (Å²) in [6.45, 7) is 9.38. The van der Waals surface area contributed by atoms with Crippen molar-refractivity contribution in [1.29, 1.82) is 0 Å². The van der Waals surface area contributed by atoms with Crippen LogP contribution in [0.4, 0.5) is 0 Å². The molecule has 0 saturated carbocycles. The minimum atomic E-state index is 0.293. The Hall–Kier alpha value is -1.39. The molecule has 0 aliphatic carbocycles. The van der Waals surface area contributed by atoms with Crippen LogP contribution in [0.1, 0.15) is 40.4 Å². The van der Waals surface area contributed by atoms with Gasteiger partial charge in [-0.2, -0.15) is 0 Å². The third-order valence-electron chi connectivity index (χ3n) is 3.69. The van der Waals surface area contributed by atoms with Crippen molar-refractivity contribution < 1.29 is 4.74 Å². The molecule has 0 radical (unpaired) electrons. The van der Waals surface area contributed by atoms with Crippen molar-refractivity contribution in [3.63, 3.8) is 0 Å². The maximum absolute atomic E-state index is 5.41. The van der Waals surface area contributed by atoms with Crippen LogP contribution < -0.4 is 10.1 Å². The molecule has 0 aliphatic rings. The molecule has 1 atom stereocenters. The summed E-state index contributed by atoms with van der Waals surface area (Å²) in [6.07, 6.45) is 0.921. The number of hydrogen-bond donors (Lipinski definition) is 1. The Labute approximate surface area is 131 Å². The van der Waals surface area contributed by atoms with Gasteiger partial charge in [-0.25, -0.2) is 4.98 Å². The van der Waals surface area contributed by atoms with Crippen molar-refractivity contribution in [2.24, 2.45) is 0 Å². The molecule has 1 aromatic carbocycles. The molecule has 2 aromatic rings. The van der Waals surface area contributed by atoms with E-state index in [2.05, 4.69) is 55.5 Å². The molecule has 1 unspecified atom stereocenters. The first-order valence-electron chi connectivity index (χ1n) is 7.34. The molecule has 114 valence electrons. The van der Waals surface area contributed by atoms with Gasteiger partial charge in [0.05, 0.1) is 17.8 Å². The van der Waals surface area contributed by atoms with Crippen LogP contribution in [0.2, 0.25) is 0 Å². The second-order valence-electron chi connectivity index (χ2n) is 5.35. The first-order chi connectivity index (χ1) is 10.0. The molecule has 0 spiro atoms. The average molecular weight is 304 g/mol. The second-order valence-corrected chi connectivity index (χ2v) is 6.41. The molecule has 2 rings (SSSR count). The van der Waals surface area contributed by atoms with Gasteiger partial charge in [0, 0.05) is 17.8 Å². The van der Waals surface area contributed by atoms with Crippen LogP contribution >= 0.6 is 11.3 Å². The fourth-order valence-electron chi connectivity index (χ4n) is 2.66. The number of rotatable bonds is 6. The number of methoxy groups -OCH3 is 1. The van der Waals surface area contributed by atoms with E-state index < -0.39 is 0 Å². The summed E-state index contributed by atoms with van der Waals surface area (Å²) in [7, 11) is 1.72. The van der Waals surface area contributed by atoms with E-state index in [-0.39, 0.29) is 0 Å². The SMILES string of the molecule is CCNC(Cc1csc(C)n1)c1cc(C)c(OC)cc1C. The molecule has 21 heavy (non-hydrogen) atoms. The van der Waals surface area contributed by atoms with Gasteiger partial charge in [0.15, 0.2) is 0 Å². The zero-order chi connectivity index (χ0) is 15.4. The summed E-state index contributed by atoms with van der Waals surface area (Å²) in [5.41, 5.74) is 4.93. The van der Waals surface area contributed by atoms with Gasteiger partial charge in [0.1, 0.15) is 5.75 Å². The average Bonchev–Trinajstić information content (AvgIpc) is 2.86. The molecule has 4 heteroatoms. The number of hydrogen-bond acceptors (Lipinski definition) is 4. The molecular formula is C17H24N2OS. The van der Waals surface area contributed by atoms with Crippen LogP contribution in [0.25, 0.3) is 0 Å². The minimum Gasteiger partial charge on any atom is -0.496 e. The number of nitrogens with zero attached hydrogens (tertiary/aromatic N) is 1. The van der Waals surface area contributed by atoms with Gasteiger partial charge < -0.3 is 10.1 Å². The van der Waals surface area contributed by atoms with Crippen molar-refractivity contribution in [3.05, 3.63) is 44.9 Å². The molecular weight excluding hydrogens is 280 g/mol. The van der Waals surface area contributed by atoms with E-state index >= 15 is 0 Å². The zero-order valence-corrected chi connectivity index (χ0v) is 14.3. The van der Waals surface area contributed by atoms with Gasteiger partial charge in [-0.05, 0) is 50.1 Å². The van der Waals surface area contributed by atoms with Crippen molar-refractivity contribution >= 4 is 11.3 Å². The molecule has 3 nitrogen and oxygen atoms in total. The van der Waals surface area contributed by atoms with E-state index in [1.165, 1.54) is 16.7 Å². The molecule has 0 fully saturated rings. The Morgan fingerprint density at radius 3 is 2.57 bits per heavy atom. The maximum atomic E-state index is 5.41. The lowest BCUT2D eigenvalue weighted by Gasteiger charge is -2.21. The van der Waals surface area contributed by atoms with Crippen molar-refractivity contribution in [2.75, 3.05) is 13.7 Å². The number of nitrogens with one attached hydrogen (secondary N) is 1. The van der Waals surface area contributed by atoms with Crippen molar-refractivity contribution in [1.82, 2.24) is 10.3 Å². The summed E-state index contributed by atoms with van der Waals surface area (Å²) < 4.78 is 5.41. The van der Waals surface area contributed by atoms with E-state index in [1.54, 1.807) is 18.4 Å². The largest absolute Gasteiger partial charge is 0.496 e. The van der Waals surface area contributed by atoms with Gasteiger partial charge in [0.2, 0.25) is 0 Å². The summed E-state index contributed by atoms with van der Waals surface area (Å²) >= 11 is 1.71. The number of aryl methyl sites for hydroxylation is 3. The highest BCUT2D eigenvalue weighted by molar-refractivity contribution is 7.09. The van der Waals surface area contributed by atoms with Crippen LogP contribution in [0.15, 0.2) is 17.5 Å². The molecule has 0 aliphatic heterocycles. The highest BCUT2D eigenvalue weighted by atomic mass is 32.1. The molecule has 0 amide bonds. The van der Waals surface area contributed by atoms with Gasteiger partial charge in [-0.1, -0.05) is 13.0 Å². The van der Waals surface area contributed by atoms with Gasteiger partial charge in [-0.3, -0.25) is 0 Å². The predicted molar refractivity (Wildman–Crippen MR) is 89.4 cm³/mol.